The van der Waals surface area contributed by atoms with Gasteiger partial charge in [-0.05, 0) is 43.4 Å². The van der Waals surface area contributed by atoms with Gasteiger partial charge in [0.15, 0.2) is 0 Å². The van der Waals surface area contributed by atoms with Crippen LogP contribution in [0.2, 0.25) is 0 Å². The quantitative estimate of drug-likeness (QED) is 0.731. The summed E-state index contributed by atoms with van der Waals surface area (Å²) in [6.07, 6.45) is 7.48. The SMILES string of the molecule is CC1(C)CC(CC2CCOCC2)=CC(O)C1. The van der Waals surface area contributed by atoms with Crippen molar-refractivity contribution in [2.24, 2.45) is 11.3 Å². The smallest absolute Gasteiger partial charge is 0.0728 e. The van der Waals surface area contributed by atoms with Gasteiger partial charge in [0.05, 0.1) is 6.10 Å². The number of rotatable bonds is 2. The van der Waals surface area contributed by atoms with Crippen molar-refractivity contribution in [3.05, 3.63) is 11.6 Å². The van der Waals surface area contributed by atoms with Gasteiger partial charge in [-0.2, -0.15) is 0 Å². The van der Waals surface area contributed by atoms with E-state index in [1.54, 1.807) is 0 Å². The summed E-state index contributed by atoms with van der Waals surface area (Å²) in [6.45, 7) is 6.36. The molecule has 0 aromatic rings. The van der Waals surface area contributed by atoms with E-state index < -0.39 is 0 Å². The predicted octanol–water partition coefficient (Wildman–Crippen LogP) is 2.91. The maximum Gasteiger partial charge on any atom is 0.0728 e. The Morgan fingerprint density at radius 3 is 2.69 bits per heavy atom. The second-order valence-electron chi connectivity index (χ2n) is 6.20. The van der Waals surface area contributed by atoms with Gasteiger partial charge in [-0.25, -0.2) is 0 Å². The molecule has 0 spiro atoms. The lowest BCUT2D eigenvalue weighted by atomic mass is 9.74. The van der Waals surface area contributed by atoms with Crippen LogP contribution >= 0.6 is 0 Å². The summed E-state index contributed by atoms with van der Waals surface area (Å²) >= 11 is 0. The summed E-state index contributed by atoms with van der Waals surface area (Å²) < 4.78 is 5.38. The van der Waals surface area contributed by atoms with Gasteiger partial charge >= 0.3 is 0 Å². The molecule has 2 aliphatic rings. The Morgan fingerprint density at radius 2 is 2.06 bits per heavy atom. The van der Waals surface area contributed by atoms with Crippen LogP contribution in [0, 0.1) is 11.3 Å². The van der Waals surface area contributed by atoms with Gasteiger partial charge in [0.1, 0.15) is 0 Å². The molecule has 0 bridgehead atoms. The maximum atomic E-state index is 9.84. The first kappa shape index (κ1) is 12.1. The molecule has 0 aromatic heterocycles. The second-order valence-corrected chi connectivity index (χ2v) is 6.20. The van der Waals surface area contributed by atoms with Crippen LogP contribution in [0.5, 0.6) is 0 Å². The third kappa shape index (κ3) is 3.33. The summed E-state index contributed by atoms with van der Waals surface area (Å²) in [4.78, 5) is 0. The van der Waals surface area contributed by atoms with Crippen molar-refractivity contribution in [2.75, 3.05) is 13.2 Å². The van der Waals surface area contributed by atoms with Crippen LogP contribution in [0.1, 0.15) is 46.0 Å². The molecule has 1 atom stereocenters. The van der Waals surface area contributed by atoms with Crippen LogP contribution in [-0.4, -0.2) is 24.4 Å². The van der Waals surface area contributed by atoms with Gasteiger partial charge in [0.25, 0.3) is 0 Å². The zero-order valence-corrected chi connectivity index (χ0v) is 10.5. The van der Waals surface area contributed by atoms with Crippen molar-refractivity contribution in [3.63, 3.8) is 0 Å². The lowest BCUT2D eigenvalue weighted by Gasteiger charge is -2.34. The van der Waals surface area contributed by atoms with E-state index in [9.17, 15) is 5.11 Å². The summed E-state index contributed by atoms with van der Waals surface area (Å²) in [7, 11) is 0. The first-order chi connectivity index (χ1) is 7.55. The number of aliphatic hydroxyl groups excluding tert-OH is 1. The third-order valence-electron chi connectivity index (χ3n) is 3.79. The van der Waals surface area contributed by atoms with E-state index in [1.807, 2.05) is 0 Å². The fraction of sp³-hybridized carbons (Fsp3) is 0.857. The Balaban J connectivity index is 1.93. The predicted molar refractivity (Wildman–Crippen MR) is 65.3 cm³/mol. The number of hydrogen-bond donors (Lipinski definition) is 1. The molecular formula is C14H24O2. The Hall–Kier alpha value is -0.340. The maximum absolute atomic E-state index is 9.84. The third-order valence-corrected chi connectivity index (χ3v) is 3.79. The van der Waals surface area contributed by atoms with Crippen molar-refractivity contribution in [1.29, 1.82) is 0 Å². The van der Waals surface area contributed by atoms with E-state index in [0.717, 1.165) is 32.0 Å². The molecule has 1 aliphatic carbocycles. The molecule has 1 unspecified atom stereocenters. The molecule has 92 valence electrons. The number of allylic oxidation sites excluding steroid dienone is 1. The Kier molecular flexibility index (Phi) is 3.70. The molecular weight excluding hydrogens is 200 g/mol. The minimum absolute atomic E-state index is 0.224. The van der Waals surface area contributed by atoms with Gasteiger partial charge in [-0.15, -0.1) is 0 Å². The lowest BCUT2D eigenvalue weighted by Crippen LogP contribution is -2.26. The van der Waals surface area contributed by atoms with E-state index in [4.69, 9.17) is 4.74 Å². The van der Waals surface area contributed by atoms with Gasteiger partial charge in [-0.1, -0.05) is 25.5 Å². The van der Waals surface area contributed by atoms with Crippen LogP contribution in [0.15, 0.2) is 11.6 Å². The van der Waals surface area contributed by atoms with E-state index in [0.29, 0.717) is 0 Å². The Bertz CT molecular complexity index is 262. The van der Waals surface area contributed by atoms with Gasteiger partial charge in [0, 0.05) is 13.2 Å². The number of ether oxygens (including phenoxy) is 1. The van der Waals surface area contributed by atoms with Gasteiger partial charge in [0.2, 0.25) is 0 Å². The number of hydrogen-bond acceptors (Lipinski definition) is 2. The molecule has 2 nitrogen and oxygen atoms in total. The monoisotopic (exact) mass is 224 g/mol. The molecule has 1 heterocycles. The molecule has 0 saturated carbocycles. The van der Waals surface area contributed by atoms with E-state index in [-0.39, 0.29) is 11.5 Å². The highest BCUT2D eigenvalue weighted by Crippen LogP contribution is 2.38. The van der Waals surface area contributed by atoms with E-state index in [2.05, 4.69) is 19.9 Å². The molecule has 2 rings (SSSR count). The van der Waals surface area contributed by atoms with Crippen molar-refractivity contribution < 1.29 is 9.84 Å². The normalized spacial score (nSPS) is 31.2. The molecule has 1 fully saturated rings. The van der Waals surface area contributed by atoms with Gasteiger partial charge in [-0.3, -0.25) is 0 Å². The van der Waals surface area contributed by atoms with Gasteiger partial charge < -0.3 is 9.84 Å². The first-order valence-corrected chi connectivity index (χ1v) is 6.50. The molecule has 2 heteroatoms. The van der Waals surface area contributed by atoms with Crippen LogP contribution in [0.3, 0.4) is 0 Å². The van der Waals surface area contributed by atoms with Crippen LogP contribution in [0.25, 0.3) is 0 Å². The Labute approximate surface area is 98.7 Å². The number of aliphatic hydroxyl groups is 1. The second kappa shape index (κ2) is 4.89. The fourth-order valence-electron chi connectivity index (χ4n) is 3.10. The van der Waals surface area contributed by atoms with Crippen LogP contribution in [-0.2, 0) is 4.74 Å². The zero-order valence-electron chi connectivity index (χ0n) is 10.5. The molecule has 0 amide bonds. The summed E-state index contributed by atoms with van der Waals surface area (Å²) in [5.41, 5.74) is 1.74. The minimum Gasteiger partial charge on any atom is -0.389 e. The molecule has 0 radical (unpaired) electrons. The largest absolute Gasteiger partial charge is 0.389 e. The standard InChI is InChI=1S/C14H24O2/c1-14(2)9-12(8-13(15)10-14)7-11-3-5-16-6-4-11/h8,11,13,15H,3-7,9-10H2,1-2H3. The van der Waals surface area contributed by atoms with Crippen molar-refractivity contribution >= 4 is 0 Å². The van der Waals surface area contributed by atoms with E-state index >= 15 is 0 Å². The van der Waals surface area contributed by atoms with E-state index in [1.165, 1.54) is 24.8 Å². The van der Waals surface area contributed by atoms with Crippen molar-refractivity contribution in [2.45, 2.75) is 52.1 Å². The summed E-state index contributed by atoms with van der Waals surface area (Å²) in [5.74, 6) is 0.779. The van der Waals surface area contributed by atoms with Crippen LogP contribution < -0.4 is 0 Å². The molecule has 1 aliphatic heterocycles. The molecule has 0 aromatic carbocycles. The highest BCUT2D eigenvalue weighted by Gasteiger charge is 2.28. The zero-order chi connectivity index (χ0) is 11.6. The average molecular weight is 224 g/mol. The fourth-order valence-corrected chi connectivity index (χ4v) is 3.10. The highest BCUT2D eigenvalue weighted by atomic mass is 16.5. The highest BCUT2D eigenvalue weighted by molar-refractivity contribution is 5.13. The molecule has 1 N–H and O–H groups in total. The molecule has 16 heavy (non-hydrogen) atoms. The lowest BCUT2D eigenvalue weighted by molar-refractivity contribution is 0.0647. The first-order valence-electron chi connectivity index (χ1n) is 6.50. The van der Waals surface area contributed by atoms with Crippen molar-refractivity contribution in [3.8, 4) is 0 Å². The Morgan fingerprint density at radius 1 is 1.38 bits per heavy atom. The summed E-state index contributed by atoms with van der Waals surface area (Å²) in [5, 5.41) is 9.84. The average Bonchev–Trinajstić information content (AvgIpc) is 2.15. The summed E-state index contributed by atoms with van der Waals surface area (Å²) in [6, 6.07) is 0. The van der Waals surface area contributed by atoms with Crippen LogP contribution in [0.4, 0.5) is 0 Å². The topological polar surface area (TPSA) is 29.5 Å². The molecule has 1 saturated heterocycles. The minimum atomic E-state index is -0.224. The van der Waals surface area contributed by atoms with Crippen molar-refractivity contribution in [1.82, 2.24) is 0 Å².